The van der Waals surface area contributed by atoms with Crippen molar-refractivity contribution in [2.45, 2.75) is 31.5 Å². The number of hydrogen-bond donors (Lipinski definition) is 1. The van der Waals surface area contributed by atoms with Crippen molar-refractivity contribution in [3.63, 3.8) is 0 Å². The number of anilines is 1. The Kier molecular flexibility index (Phi) is 9.16. The zero-order valence-electron chi connectivity index (χ0n) is 24.2. The Morgan fingerprint density at radius 1 is 1.02 bits per heavy atom. The number of aromatic nitrogens is 3. The molecule has 5 rings (SSSR count). The molecule has 1 aliphatic rings. The summed E-state index contributed by atoms with van der Waals surface area (Å²) in [5, 5.41) is 11.3. The van der Waals surface area contributed by atoms with Crippen LogP contribution in [-0.4, -0.2) is 73.4 Å². The number of nitrogens with one attached hydrogen (secondary N) is 1. The van der Waals surface area contributed by atoms with Crippen LogP contribution in [0, 0.1) is 0 Å². The largest absolute Gasteiger partial charge is 0.493 e. The number of para-hydroxylation sites is 2. The third-order valence-corrected chi connectivity index (χ3v) is 7.30. The molecule has 4 aromatic rings. The Hall–Kier alpha value is -4.97. The lowest BCUT2D eigenvalue weighted by atomic mass is 10.0. The summed E-state index contributed by atoms with van der Waals surface area (Å²) < 4.78 is 23.3. The average molecular weight is 588 g/mol. The third kappa shape index (κ3) is 6.28. The maximum atomic E-state index is 14.3. The van der Waals surface area contributed by atoms with E-state index >= 15 is 0 Å². The van der Waals surface area contributed by atoms with E-state index in [4.69, 9.17) is 18.9 Å². The Morgan fingerprint density at radius 3 is 2.51 bits per heavy atom. The summed E-state index contributed by atoms with van der Waals surface area (Å²) in [6.45, 7) is 0.691. The zero-order chi connectivity index (χ0) is 30.3. The smallest absolute Gasteiger partial charge is 0.337 e. The Morgan fingerprint density at radius 2 is 1.81 bits per heavy atom. The van der Waals surface area contributed by atoms with E-state index in [1.807, 2.05) is 18.2 Å². The van der Waals surface area contributed by atoms with E-state index < -0.39 is 23.8 Å². The topological polar surface area (TPSA) is 134 Å². The molecule has 0 unspecified atom stereocenters. The van der Waals surface area contributed by atoms with Crippen LogP contribution in [0.1, 0.15) is 34.8 Å². The summed E-state index contributed by atoms with van der Waals surface area (Å²) >= 11 is 0. The molecular weight excluding hydrogens is 554 g/mol. The van der Waals surface area contributed by atoms with E-state index in [1.54, 1.807) is 36.4 Å². The van der Waals surface area contributed by atoms with Gasteiger partial charge in [-0.15, -0.1) is 5.10 Å². The van der Waals surface area contributed by atoms with Gasteiger partial charge >= 0.3 is 5.97 Å². The van der Waals surface area contributed by atoms with Crippen LogP contribution >= 0.6 is 0 Å². The van der Waals surface area contributed by atoms with Crippen LogP contribution in [0.4, 0.5) is 5.69 Å². The van der Waals surface area contributed by atoms with Crippen molar-refractivity contribution in [1.29, 1.82) is 0 Å². The van der Waals surface area contributed by atoms with Crippen LogP contribution in [0.3, 0.4) is 0 Å². The van der Waals surface area contributed by atoms with E-state index in [1.165, 1.54) is 43.0 Å². The van der Waals surface area contributed by atoms with Crippen LogP contribution < -0.4 is 19.7 Å². The molecule has 2 heterocycles. The maximum Gasteiger partial charge on any atom is 0.337 e. The van der Waals surface area contributed by atoms with Crippen molar-refractivity contribution < 1.29 is 33.3 Å². The molecule has 43 heavy (non-hydrogen) atoms. The molecule has 1 aromatic heterocycles. The first-order valence-electron chi connectivity index (χ1n) is 13.8. The van der Waals surface area contributed by atoms with E-state index in [0.717, 1.165) is 12.8 Å². The molecule has 2 atom stereocenters. The molecule has 0 saturated carbocycles. The minimum absolute atomic E-state index is 0.123. The predicted octanol–water partition coefficient (Wildman–Crippen LogP) is 3.30. The van der Waals surface area contributed by atoms with E-state index in [9.17, 15) is 14.4 Å². The summed E-state index contributed by atoms with van der Waals surface area (Å²) in [7, 11) is 4.26. The van der Waals surface area contributed by atoms with E-state index in [0.29, 0.717) is 46.0 Å². The van der Waals surface area contributed by atoms with Crippen molar-refractivity contribution in [2.75, 3.05) is 39.4 Å². The van der Waals surface area contributed by atoms with Crippen LogP contribution in [0.5, 0.6) is 11.5 Å². The molecule has 1 saturated heterocycles. The molecule has 0 radical (unpaired) electrons. The van der Waals surface area contributed by atoms with Gasteiger partial charge in [-0.2, -0.15) is 0 Å². The Balaban J connectivity index is 1.61. The molecule has 12 nitrogen and oxygen atoms in total. The van der Waals surface area contributed by atoms with Crippen LogP contribution in [0.2, 0.25) is 0 Å². The highest BCUT2D eigenvalue weighted by atomic mass is 16.5. The molecular formula is C31H33N5O7. The first kappa shape index (κ1) is 29.5. The quantitative estimate of drug-likeness (QED) is 0.262. The van der Waals surface area contributed by atoms with Gasteiger partial charge in [-0.1, -0.05) is 29.5 Å². The number of ether oxygens (including phenoxy) is 4. The second-order valence-corrected chi connectivity index (χ2v) is 9.90. The summed E-state index contributed by atoms with van der Waals surface area (Å²) in [5.74, 6) is -0.733. The van der Waals surface area contributed by atoms with Gasteiger partial charge < -0.3 is 24.3 Å². The minimum Gasteiger partial charge on any atom is -0.493 e. The van der Waals surface area contributed by atoms with Gasteiger partial charge in [0.05, 0.1) is 38.5 Å². The summed E-state index contributed by atoms with van der Waals surface area (Å²) in [6.07, 6.45) is 1.61. The second-order valence-electron chi connectivity index (χ2n) is 9.90. The molecule has 0 bridgehead atoms. The fourth-order valence-electron chi connectivity index (χ4n) is 5.19. The van der Waals surface area contributed by atoms with Crippen molar-refractivity contribution in [1.82, 2.24) is 20.3 Å². The summed E-state index contributed by atoms with van der Waals surface area (Å²) in [5.41, 5.74) is 2.35. The number of nitrogens with zero attached hydrogens (tertiary/aromatic N) is 4. The van der Waals surface area contributed by atoms with Crippen LogP contribution in [0.15, 0.2) is 66.7 Å². The van der Waals surface area contributed by atoms with Gasteiger partial charge in [-0.25, -0.2) is 9.48 Å². The van der Waals surface area contributed by atoms with Crippen molar-refractivity contribution in [3.05, 3.63) is 77.9 Å². The first-order chi connectivity index (χ1) is 20.9. The lowest BCUT2D eigenvalue weighted by molar-refractivity contribution is -0.127. The number of carbonyl (C=O) groups excluding carboxylic acids is 3. The summed E-state index contributed by atoms with van der Waals surface area (Å²) in [6, 6.07) is 17.5. The highest BCUT2D eigenvalue weighted by molar-refractivity contribution is 6.02. The number of carbonyl (C=O) groups is 3. The minimum atomic E-state index is -1.20. The molecule has 1 fully saturated rings. The van der Waals surface area contributed by atoms with Crippen LogP contribution in [0.25, 0.3) is 11.0 Å². The van der Waals surface area contributed by atoms with Crippen molar-refractivity contribution in [3.8, 4) is 11.5 Å². The average Bonchev–Trinajstić information content (AvgIpc) is 3.72. The van der Waals surface area contributed by atoms with Gasteiger partial charge in [0.1, 0.15) is 18.1 Å². The van der Waals surface area contributed by atoms with Gasteiger partial charge in [0.2, 0.25) is 11.8 Å². The molecule has 1 aliphatic heterocycles. The second kappa shape index (κ2) is 13.3. The van der Waals surface area contributed by atoms with Gasteiger partial charge in [0, 0.05) is 24.4 Å². The Labute approximate surface area is 248 Å². The normalized spacial score (nSPS) is 15.1. The highest BCUT2D eigenvalue weighted by Crippen LogP contribution is 2.39. The number of rotatable bonds is 11. The molecule has 1 N–H and O–H groups in total. The summed E-state index contributed by atoms with van der Waals surface area (Å²) in [4.78, 5) is 42.0. The van der Waals surface area contributed by atoms with Crippen molar-refractivity contribution >= 4 is 34.5 Å². The fraction of sp³-hybridized carbons (Fsp3) is 0.323. The van der Waals surface area contributed by atoms with Gasteiger partial charge in [0.25, 0.3) is 0 Å². The fourth-order valence-corrected chi connectivity index (χ4v) is 5.19. The monoisotopic (exact) mass is 587 g/mol. The standard InChI is InChI=1S/C31H33N5O7/c1-40-26-12-6-9-23(29(26)41-2)28(30(38)32-18-22-8-7-17-43-22)36(21-15-13-20(14-16-21)31(39)42-3)27(37)19-35-25-11-5-4-10-24(25)33-34-35/h4-6,9-16,22,28H,7-8,17-19H2,1-3H3,(H,32,38)/t22-,28-/m1/s1. The van der Waals surface area contributed by atoms with E-state index in [2.05, 4.69) is 15.6 Å². The molecule has 2 amide bonds. The van der Waals surface area contributed by atoms with E-state index in [-0.39, 0.29) is 19.2 Å². The number of amides is 2. The lowest BCUT2D eigenvalue weighted by Gasteiger charge is -2.33. The van der Waals surface area contributed by atoms with Crippen molar-refractivity contribution in [2.24, 2.45) is 0 Å². The molecule has 12 heteroatoms. The SMILES string of the molecule is COC(=O)c1ccc(N(C(=O)Cn2nnc3ccccc32)[C@@H](C(=O)NC[C@H]2CCCO2)c2cccc(OC)c2OC)cc1. The predicted molar refractivity (Wildman–Crippen MR) is 157 cm³/mol. The third-order valence-electron chi connectivity index (χ3n) is 7.30. The first-order valence-corrected chi connectivity index (χ1v) is 13.8. The number of methoxy groups -OCH3 is 3. The zero-order valence-corrected chi connectivity index (χ0v) is 24.2. The molecule has 0 aliphatic carbocycles. The van der Waals surface area contributed by atoms with Gasteiger partial charge in [0.15, 0.2) is 11.5 Å². The number of fused-ring (bicyclic) bond motifs is 1. The molecule has 0 spiro atoms. The number of benzene rings is 3. The Bertz CT molecular complexity index is 1600. The molecule has 3 aromatic carbocycles. The maximum absolute atomic E-state index is 14.3. The molecule has 224 valence electrons. The van der Waals surface area contributed by atoms with Gasteiger partial charge in [-0.05, 0) is 55.3 Å². The lowest BCUT2D eigenvalue weighted by Crippen LogP contribution is -2.46. The highest BCUT2D eigenvalue weighted by Gasteiger charge is 2.36. The number of hydrogen-bond acceptors (Lipinski definition) is 9. The van der Waals surface area contributed by atoms with Crippen LogP contribution in [-0.2, 0) is 25.6 Å². The number of esters is 1. The van der Waals surface area contributed by atoms with Gasteiger partial charge in [-0.3, -0.25) is 14.5 Å².